The van der Waals surface area contributed by atoms with Crippen molar-refractivity contribution in [2.24, 2.45) is 5.10 Å². The first kappa shape index (κ1) is 24.2. The van der Waals surface area contributed by atoms with E-state index in [-0.39, 0.29) is 17.6 Å². The van der Waals surface area contributed by atoms with Crippen molar-refractivity contribution in [3.05, 3.63) is 90.0 Å². The first-order valence-electron chi connectivity index (χ1n) is 12.5. The van der Waals surface area contributed by atoms with E-state index in [1.165, 1.54) is 6.42 Å². The van der Waals surface area contributed by atoms with Crippen LogP contribution in [0.3, 0.4) is 0 Å². The highest BCUT2D eigenvalue weighted by Crippen LogP contribution is 2.27. The van der Waals surface area contributed by atoms with Crippen LogP contribution in [0.15, 0.2) is 84.0 Å². The number of para-hydroxylation sites is 1. The second-order valence-electron chi connectivity index (χ2n) is 9.24. The van der Waals surface area contributed by atoms with Crippen molar-refractivity contribution >= 4 is 51.2 Å². The Balaban J connectivity index is 1.29. The fraction of sp³-hybridized carbons (Fsp3) is 0.200. The molecule has 4 aromatic carbocycles. The predicted octanol–water partition coefficient (Wildman–Crippen LogP) is 5.14. The van der Waals surface area contributed by atoms with Gasteiger partial charge < -0.3 is 10.6 Å². The summed E-state index contributed by atoms with van der Waals surface area (Å²) in [4.78, 5) is 38.0. The molecule has 0 spiro atoms. The Morgan fingerprint density at radius 2 is 1.38 bits per heavy atom. The van der Waals surface area contributed by atoms with Crippen LogP contribution in [0.4, 0.5) is 5.69 Å². The van der Waals surface area contributed by atoms with Gasteiger partial charge in [0.15, 0.2) is 0 Å². The molecule has 5 rings (SSSR count). The average Bonchev–Trinajstić information content (AvgIpc) is 2.93. The van der Waals surface area contributed by atoms with E-state index in [2.05, 4.69) is 27.2 Å². The Morgan fingerprint density at radius 3 is 2.08 bits per heavy atom. The van der Waals surface area contributed by atoms with E-state index in [0.717, 1.165) is 52.8 Å². The zero-order chi connectivity index (χ0) is 25.6. The van der Waals surface area contributed by atoms with Crippen molar-refractivity contribution in [1.29, 1.82) is 0 Å². The Morgan fingerprint density at radius 1 is 0.757 bits per heavy atom. The SMILES string of the molecule is O=C(N/N=C\c1c2ccccc2cc2ccccc12)C(=O)Nc1ccccc1C(=O)NC1CCCCC1. The van der Waals surface area contributed by atoms with Crippen LogP contribution in [0, 0.1) is 0 Å². The fourth-order valence-electron chi connectivity index (χ4n) is 4.87. The van der Waals surface area contributed by atoms with Crippen LogP contribution in [0.1, 0.15) is 48.0 Å². The summed E-state index contributed by atoms with van der Waals surface area (Å²) in [6, 6.07) is 24.8. The second-order valence-corrected chi connectivity index (χ2v) is 9.24. The van der Waals surface area contributed by atoms with E-state index in [1.54, 1.807) is 30.5 Å². The third-order valence-corrected chi connectivity index (χ3v) is 6.74. The molecule has 1 saturated carbocycles. The summed E-state index contributed by atoms with van der Waals surface area (Å²) in [5, 5.41) is 13.7. The van der Waals surface area contributed by atoms with Crippen molar-refractivity contribution in [2.75, 3.05) is 5.32 Å². The highest BCUT2D eigenvalue weighted by Gasteiger charge is 2.21. The number of hydrogen-bond donors (Lipinski definition) is 3. The molecule has 37 heavy (non-hydrogen) atoms. The molecule has 3 amide bonds. The van der Waals surface area contributed by atoms with Gasteiger partial charge in [0, 0.05) is 11.6 Å². The number of hydrogen-bond acceptors (Lipinski definition) is 4. The van der Waals surface area contributed by atoms with Gasteiger partial charge in [0.05, 0.1) is 17.5 Å². The molecule has 1 aliphatic rings. The fourth-order valence-corrected chi connectivity index (χ4v) is 4.87. The molecule has 0 radical (unpaired) electrons. The lowest BCUT2D eigenvalue weighted by Crippen LogP contribution is -2.37. The van der Waals surface area contributed by atoms with Gasteiger partial charge in [-0.15, -0.1) is 0 Å². The Kier molecular flexibility index (Phi) is 7.21. The van der Waals surface area contributed by atoms with Gasteiger partial charge in [-0.25, -0.2) is 5.43 Å². The maximum atomic E-state index is 12.8. The first-order chi connectivity index (χ1) is 18.1. The summed E-state index contributed by atoms with van der Waals surface area (Å²) >= 11 is 0. The highest BCUT2D eigenvalue weighted by molar-refractivity contribution is 6.40. The van der Waals surface area contributed by atoms with Gasteiger partial charge >= 0.3 is 11.8 Å². The molecule has 0 bridgehead atoms. The van der Waals surface area contributed by atoms with Crippen molar-refractivity contribution < 1.29 is 14.4 Å². The molecule has 7 nitrogen and oxygen atoms in total. The molecule has 7 heteroatoms. The summed E-state index contributed by atoms with van der Waals surface area (Å²) < 4.78 is 0. The Bertz CT molecular complexity index is 1450. The van der Waals surface area contributed by atoms with Gasteiger partial charge in [-0.05, 0) is 52.6 Å². The molecule has 0 unspecified atom stereocenters. The molecule has 1 fully saturated rings. The minimum atomic E-state index is -0.928. The maximum Gasteiger partial charge on any atom is 0.329 e. The van der Waals surface area contributed by atoms with E-state index < -0.39 is 11.8 Å². The van der Waals surface area contributed by atoms with Gasteiger partial charge in [-0.1, -0.05) is 79.9 Å². The van der Waals surface area contributed by atoms with E-state index in [1.807, 2.05) is 48.5 Å². The molecule has 1 aliphatic carbocycles. The minimum absolute atomic E-state index is 0.132. The smallest absolute Gasteiger partial charge is 0.329 e. The van der Waals surface area contributed by atoms with E-state index >= 15 is 0 Å². The van der Waals surface area contributed by atoms with Crippen LogP contribution < -0.4 is 16.1 Å². The average molecular weight is 493 g/mol. The Labute approximate surface area is 214 Å². The summed E-state index contributed by atoms with van der Waals surface area (Å²) in [6.07, 6.45) is 6.84. The number of hydrazone groups is 1. The number of nitrogens with one attached hydrogen (secondary N) is 3. The van der Waals surface area contributed by atoms with Gasteiger partial charge in [-0.2, -0.15) is 5.10 Å². The number of carbonyl (C=O) groups is 3. The lowest BCUT2D eigenvalue weighted by molar-refractivity contribution is -0.136. The van der Waals surface area contributed by atoms with Gasteiger partial charge in [0.1, 0.15) is 0 Å². The maximum absolute atomic E-state index is 12.8. The first-order valence-corrected chi connectivity index (χ1v) is 12.5. The van der Waals surface area contributed by atoms with E-state index in [9.17, 15) is 14.4 Å². The summed E-state index contributed by atoms with van der Waals surface area (Å²) in [5.41, 5.74) is 3.76. The van der Waals surface area contributed by atoms with Gasteiger partial charge in [0.25, 0.3) is 5.91 Å². The lowest BCUT2D eigenvalue weighted by atomic mass is 9.95. The second kappa shape index (κ2) is 11.0. The third-order valence-electron chi connectivity index (χ3n) is 6.74. The number of nitrogens with zero attached hydrogens (tertiary/aromatic N) is 1. The largest absolute Gasteiger partial charge is 0.349 e. The Hall–Kier alpha value is -4.52. The minimum Gasteiger partial charge on any atom is -0.349 e. The topological polar surface area (TPSA) is 99.7 Å². The van der Waals surface area contributed by atoms with Crippen LogP contribution in [0.2, 0.25) is 0 Å². The molecule has 0 aliphatic heterocycles. The molecule has 0 saturated heterocycles. The van der Waals surface area contributed by atoms with Crippen molar-refractivity contribution in [3.8, 4) is 0 Å². The molecular formula is C30H28N4O3. The molecule has 4 aromatic rings. The molecular weight excluding hydrogens is 464 g/mol. The van der Waals surface area contributed by atoms with E-state index in [4.69, 9.17) is 0 Å². The molecule has 3 N–H and O–H groups in total. The number of benzene rings is 4. The standard InChI is InChI=1S/C30H28N4O3/c35-28(32-22-12-2-1-3-13-22)25-16-8-9-17-27(25)33-29(36)30(37)34-31-19-26-23-14-6-4-10-20(23)18-21-11-5-7-15-24(21)26/h4-11,14-19,22H,1-3,12-13H2,(H,32,35)(H,33,36)(H,34,37)/b31-19-. The third kappa shape index (κ3) is 5.51. The normalized spacial score (nSPS) is 14.1. The molecule has 0 aromatic heterocycles. The summed E-state index contributed by atoms with van der Waals surface area (Å²) in [5.74, 6) is -2.09. The summed E-state index contributed by atoms with van der Waals surface area (Å²) in [6.45, 7) is 0. The zero-order valence-corrected chi connectivity index (χ0v) is 20.4. The quantitative estimate of drug-likeness (QED) is 0.156. The number of anilines is 1. The number of amides is 3. The predicted molar refractivity (Wildman–Crippen MR) is 147 cm³/mol. The van der Waals surface area contributed by atoms with Crippen LogP contribution in [-0.4, -0.2) is 30.0 Å². The van der Waals surface area contributed by atoms with E-state index in [0.29, 0.717) is 5.56 Å². The van der Waals surface area contributed by atoms with Crippen LogP contribution in [0.5, 0.6) is 0 Å². The monoisotopic (exact) mass is 492 g/mol. The number of rotatable bonds is 5. The number of carbonyl (C=O) groups excluding carboxylic acids is 3. The van der Waals surface area contributed by atoms with Crippen molar-refractivity contribution in [2.45, 2.75) is 38.1 Å². The molecule has 0 atom stereocenters. The van der Waals surface area contributed by atoms with Crippen LogP contribution >= 0.6 is 0 Å². The van der Waals surface area contributed by atoms with Crippen molar-refractivity contribution in [1.82, 2.24) is 10.7 Å². The van der Waals surface area contributed by atoms with Crippen LogP contribution in [-0.2, 0) is 9.59 Å². The van der Waals surface area contributed by atoms with Gasteiger partial charge in [-0.3, -0.25) is 14.4 Å². The molecule has 186 valence electrons. The zero-order valence-electron chi connectivity index (χ0n) is 20.4. The summed E-state index contributed by atoms with van der Waals surface area (Å²) in [7, 11) is 0. The highest BCUT2D eigenvalue weighted by atomic mass is 16.2. The van der Waals surface area contributed by atoms with Gasteiger partial charge in [0.2, 0.25) is 0 Å². The van der Waals surface area contributed by atoms with Crippen LogP contribution in [0.25, 0.3) is 21.5 Å². The molecule has 0 heterocycles. The van der Waals surface area contributed by atoms with Crippen molar-refractivity contribution in [3.63, 3.8) is 0 Å². The lowest BCUT2D eigenvalue weighted by Gasteiger charge is -2.23. The number of fused-ring (bicyclic) bond motifs is 2.